The molecule has 0 saturated heterocycles. The Kier molecular flexibility index (Phi) is 4.36. The maximum atomic E-state index is 13.3. The molecular formula is C12H9Br2FN2O2S. The Morgan fingerprint density at radius 3 is 2.25 bits per heavy atom. The van der Waals surface area contributed by atoms with E-state index in [1.54, 1.807) is 18.2 Å². The zero-order chi connectivity index (χ0) is 14.9. The Bertz CT molecular complexity index is 726. The first-order valence-corrected chi connectivity index (χ1v) is 8.39. The fraction of sp³-hybridized carbons (Fsp3) is 0. The molecule has 2 rings (SSSR count). The largest absolute Gasteiger partial charge is 0.399 e. The molecule has 0 saturated carbocycles. The van der Waals surface area contributed by atoms with Crippen LogP contribution in [0.1, 0.15) is 0 Å². The molecule has 0 aliphatic heterocycles. The van der Waals surface area contributed by atoms with Crippen LogP contribution in [0.5, 0.6) is 0 Å². The number of sulfonamides is 1. The molecule has 0 radical (unpaired) electrons. The van der Waals surface area contributed by atoms with Crippen LogP contribution in [0.2, 0.25) is 0 Å². The van der Waals surface area contributed by atoms with E-state index in [1.165, 1.54) is 6.07 Å². The van der Waals surface area contributed by atoms with Crippen molar-refractivity contribution in [2.75, 3.05) is 10.5 Å². The summed E-state index contributed by atoms with van der Waals surface area (Å²) in [4.78, 5) is -0.238. The van der Waals surface area contributed by atoms with Gasteiger partial charge in [-0.15, -0.1) is 0 Å². The molecule has 2 aromatic rings. The molecule has 0 fully saturated rings. The fourth-order valence-corrected chi connectivity index (χ4v) is 4.15. The highest BCUT2D eigenvalue weighted by molar-refractivity contribution is 9.11. The normalized spacial score (nSPS) is 11.3. The van der Waals surface area contributed by atoms with Crippen LogP contribution in [0.25, 0.3) is 0 Å². The van der Waals surface area contributed by atoms with Crippen LogP contribution in [0.4, 0.5) is 15.8 Å². The number of benzene rings is 2. The molecular weight excluding hydrogens is 415 g/mol. The maximum Gasteiger partial charge on any atom is 0.262 e. The Labute approximate surface area is 132 Å². The van der Waals surface area contributed by atoms with Gasteiger partial charge in [-0.05, 0) is 62.2 Å². The van der Waals surface area contributed by atoms with Crippen LogP contribution in [-0.2, 0) is 10.0 Å². The van der Waals surface area contributed by atoms with Gasteiger partial charge in [-0.25, -0.2) is 12.8 Å². The van der Waals surface area contributed by atoms with Gasteiger partial charge in [0.05, 0.1) is 10.6 Å². The van der Waals surface area contributed by atoms with Crippen LogP contribution in [0, 0.1) is 5.82 Å². The van der Waals surface area contributed by atoms with Crippen molar-refractivity contribution >= 4 is 53.3 Å². The van der Waals surface area contributed by atoms with Crippen molar-refractivity contribution in [3.8, 4) is 0 Å². The van der Waals surface area contributed by atoms with Crippen LogP contribution in [0.3, 0.4) is 0 Å². The second-order valence-electron chi connectivity index (χ2n) is 3.92. The Morgan fingerprint density at radius 1 is 1.10 bits per heavy atom. The van der Waals surface area contributed by atoms with E-state index in [-0.39, 0.29) is 10.6 Å². The molecule has 2 aromatic carbocycles. The average Bonchev–Trinajstić information content (AvgIpc) is 2.33. The molecule has 3 N–H and O–H groups in total. The summed E-state index contributed by atoms with van der Waals surface area (Å²) in [7, 11) is -3.93. The quantitative estimate of drug-likeness (QED) is 0.738. The van der Waals surface area contributed by atoms with Crippen molar-refractivity contribution in [3.63, 3.8) is 0 Å². The lowest BCUT2D eigenvalue weighted by molar-refractivity contribution is 0.595. The number of hydrogen-bond donors (Lipinski definition) is 2. The van der Waals surface area contributed by atoms with Gasteiger partial charge in [0.2, 0.25) is 0 Å². The first-order chi connectivity index (χ1) is 9.29. The van der Waals surface area contributed by atoms with E-state index in [4.69, 9.17) is 5.73 Å². The van der Waals surface area contributed by atoms with Gasteiger partial charge in [0.15, 0.2) is 0 Å². The molecule has 20 heavy (non-hydrogen) atoms. The molecule has 0 unspecified atom stereocenters. The van der Waals surface area contributed by atoms with Crippen molar-refractivity contribution in [1.29, 1.82) is 0 Å². The lowest BCUT2D eigenvalue weighted by Gasteiger charge is -2.12. The van der Waals surface area contributed by atoms with Gasteiger partial charge >= 0.3 is 0 Å². The van der Waals surface area contributed by atoms with E-state index in [0.717, 1.165) is 12.1 Å². The highest BCUT2D eigenvalue weighted by atomic mass is 79.9. The first kappa shape index (κ1) is 15.3. The van der Waals surface area contributed by atoms with Crippen LogP contribution in [-0.4, -0.2) is 8.42 Å². The Balaban J connectivity index is 2.46. The van der Waals surface area contributed by atoms with Crippen LogP contribution in [0.15, 0.2) is 50.2 Å². The second-order valence-corrected chi connectivity index (χ2v) is 7.31. The predicted molar refractivity (Wildman–Crippen MR) is 83.5 cm³/mol. The topological polar surface area (TPSA) is 72.2 Å². The third-order valence-corrected chi connectivity index (χ3v) is 5.05. The van der Waals surface area contributed by atoms with Crippen molar-refractivity contribution in [2.45, 2.75) is 4.90 Å². The molecule has 4 nitrogen and oxygen atoms in total. The molecule has 0 spiro atoms. The Morgan fingerprint density at radius 2 is 1.70 bits per heavy atom. The van der Waals surface area contributed by atoms with Gasteiger partial charge in [0, 0.05) is 14.6 Å². The number of halogens is 3. The van der Waals surface area contributed by atoms with Crippen molar-refractivity contribution < 1.29 is 12.8 Å². The number of anilines is 2. The summed E-state index contributed by atoms with van der Waals surface area (Å²) in [6, 6.07) is 8.25. The summed E-state index contributed by atoms with van der Waals surface area (Å²) < 4.78 is 41.2. The number of nitrogens with two attached hydrogens (primary N) is 1. The molecule has 0 aliphatic carbocycles. The van der Waals surface area contributed by atoms with Crippen LogP contribution < -0.4 is 10.5 Å². The minimum atomic E-state index is -3.93. The van der Waals surface area contributed by atoms with Crippen molar-refractivity contribution in [3.05, 3.63) is 51.2 Å². The highest BCUT2D eigenvalue weighted by Crippen LogP contribution is 2.32. The van der Waals surface area contributed by atoms with E-state index in [1.807, 2.05) is 0 Å². The minimum absolute atomic E-state index is 0.0385. The zero-order valence-electron chi connectivity index (χ0n) is 9.90. The molecule has 8 heteroatoms. The average molecular weight is 424 g/mol. The number of hydrogen-bond acceptors (Lipinski definition) is 3. The maximum absolute atomic E-state index is 13.3. The number of rotatable bonds is 3. The molecule has 0 heterocycles. The first-order valence-electron chi connectivity index (χ1n) is 5.32. The number of para-hydroxylation sites is 1. The number of nitrogens with one attached hydrogen (secondary N) is 1. The van der Waals surface area contributed by atoms with Gasteiger partial charge in [-0.2, -0.15) is 0 Å². The predicted octanol–water partition coefficient (Wildman–Crippen LogP) is 3.73. The smallest absolute Gasteiger partial charge is 0.262 e. The van der Waals surface area contributed by atoms with E-state index < -0.39 is 15.8 Å². The summed E-state index contributed by atoms with van der Waals surface area (Å²) in [6.07, 6.45) is 0. The zero-order valence-corrected chi connectivity index (χ0v) is 13.9. The summed E-state index contributed by atoms with van der Waals surface area (Å²) >= 11 is 6.49. The van der Waals surface area contributed by atoms with E-state index in [2.05, 4.69) is 36.6 Å². The monoisotopic (exact) mass is 422 g/mol. The number of nitrogen functional groups attached to an aromatic ring is 1. The minimum Gasteiger partial charge on any atom is -0.399 e. The van der Waals surface area contributed by atoms with Crippen molar-refractivity contribution in [1.82, 2.24) is 0 Å². The van der Waals surface area contributed by atoms with Gasteiger partial charge in [0.1, 0.15) is 5.82 Å². The molecule has 106 valence electrons. The van der Waals surface area contributed by atoms with Gasteiger partial charge < -0.3 is 5.73 Å². The van der Waals surface area contributed by atoms with Gasteiger partial charge in [-0.1, -0.05) is 6.07 Å². The summed E-state index contributed by atoms with van der Waals surface area (Å²) in [5.41, 5.74) is 5.83. The standard InChI is InChI=1S/C12H9Br2FN2O2S/c13-10-2-1-3-11(14)12(10)17-20(18,19)9-5-7(15)4-8(16)6-9/h1-6,17H,16H2. The van der Waals surface area contributed by atoms with Gasteiger partial charge in [-0.3, -0.25) is 4.72 Å². The summed E-state index contributed by atoms with van der Waals surface area (Å²) in [5, 5.41) is 0. The summed E-state index contributed by atoms with van der Waals surface area (Å²) in [5.74, 6) is -0.712. The SMILES string of the molecule is Nc1cc(F)cc(S(=O)(=O)Nc2c(Br)cccc2Br)c1. The molecule has 0 amide bonds. The third kappa shape index (κ3) is 3.31. The van der Waals surface area contributed by atoms with E-state index in [0.29, 0.717) is 14.6 Å². The molecule has 0 aromatic heterocycles. The second kappa shape index (κ2) is 5.71. The summed E-state index contributed by atoms with van der Waals surface area (Å²) in [6.45, 7) is 0. The Hall–Kier alpha value is -1.12. The third-order valence-electron chi connectivity index (χ3n) is 2.40. The molecule has 0 bridgehead atoms. The highest BCUT2D eigenvalue weighted by Gasteiger charge is 2.18. The molecule has 0 aliphatic rings. The van der Waals surface area contributed by atoms with Crippen LogP contribution >= 0.6 is 31.9 Å². The lowest BCUT2D eigenvalue weighted by Crippen LogP contribution is -2.14. The lowest BCUT2D eigenvalue weighted by atomic mass is 10.3. The fourth-order valence-electron chi connectivity index (χ4n) is 1.53. The van der Waals surface area contributed by atoms with E-state index in [9.17, 15) is 12.8 Å². The van der Waals surface area contributed by atoms with Crippen molar-refractivity contribution in [2.24, 2.45) is 0 Å². The molecule has 0 atom stereocenters. The van der Waals surface area contributed by atoms with E-state index >= 15 is 0 Å². The van der Waals surface area contributed by atoms with Gasteiger partial charge in [0.25, 0.3) is 10.0 Å².